The Labute approximate surface area is 101 Å². The summed E-state index contributed by atoms with van der Waals surface area (Å²) in [6, 6.07) is 6.41. The average Bonchev–Trinajstić information content (AvgIpc) is 2.63. The second-order valence-electron chi connectivity index (χ2n) is 3.06. The maximum Gasteiger partial charge on any atom is 0.136 e. The van der Waals surface area contributed by atoms with Crippen LogP contribution in [0.1, 0.15) is 11.8 Å². The number of aryl methyl sites for hydroxylation is 1. The van der Waals surface area contributed by atoms with Gasteiger partial charge in [0.2, 0.25) is 0 Å². The molecule has 0 unspecified atom stereocenters. The molecule has 0 spiro atoms. The van der Waals surface area contributed by atoms with E-state index in [9.17, 15) is 0 Å². The second-order valence-corrected chi connectivity index (χ2v) is 5.36. The molecule has 1 aromatic heterocycles. The summed E-state index contributed by atoms with van der Waals surface area (Å²) in [5, 5.41) is 1.33. The summed E-state index contributed by atoms with van der Waals surface area (Å²) in [4.78, 5) is 1.42. The van der Waals surface area contributed by atoms with Crippen molar-refractivity contribution < 1.29 is 4.74 Å². The Morgan fingerprint density at radius 3 is 2.86 bits per heavy atom. The van der Waals surface area contributed by atoms with Crippen molar-refractivity contribution in [1.29, 1.82) is 0 Å². The lowest BCUT2D eigenvalue weighted by atomic mass is 10.2. The van der Waals surface area contributed by atoms with Crippen LogP contribution >= 0.6 is 33.9 Å². The fourth-order valence-electron chi connectivity index (χ4n) is 1.45. The van der Waals surface area contributed by atoms with Gasteiger partial charge in [-0.2, -0.15) is 0 Å². The molecule has 0 aliphatic rings. The van der Waals surface area contributed by atoms with Crippen LogP contribution in [0.2, 0.25) is 0 Å². The molecule has 14 heavy (non-hydrogen) atoms. The molecule has 1 nitrogen and oxygen atoms in total. The minimum atomic E-state index is 0.991. The van der Waals surface area contributed by atoms with Gasteiger partial charge in [0.1, 0.15) is 5.75 Å². The van der Waals surface area contributed by atoms with Gasteiger partial charge in [0.05, 0.1) is 11.8 Å². The second kappa shape index (κ2) is 4.06. The van der Waals surface area contributed by atoms with Crippen LogP contribution in [0.3, 0.4) is 0 Å². The van der Waals surface area contributed by atoms with Gasteiger partial charge in [-0.05, 0) is 47.2 Å². The third-order valence-electron chi connectivity index (χ3n) is 2.21. The zero-order valence-corrected chi connectivity index (χ0v) is 11.1. The Hall–Kier alpha value is -0.290. The number of fused-ring (bicyclic) bond motifs is 1. The standard InChI is InChI=1S/C11H11IOS/c1-3-7-6-8-9(12)4-5-10(13-2)11(8)14-7/h4-6H,3H2,1-2H3. The first-order valence-corrected chi connectivity index (χ1v) is 6.40. The molecule has 0 radical (unpaired) electrons. The number of benzene rings is 1. The van der Waals surface area contributed by atoms with Crippen LogP contribution in [0, 0.1) is 3.57 Å². The normalized spacial score (nSPS) is 10.8. The van der Waals surface area contributed by atoms with Crippen molar-refractivity contribution >= 4 is 44.0 Å². The maximum atomic E-state index is 5.35. The van der Waals surface area contributed by atoms with Gasteiger partial charge in [0.25, 0.3) is 0 Å². The molecule has 0 aliphatic carbocycles. The van der Waals surface area contributed by atoms with Crippen molar-refractivity contribution in [2.24, 2.45) is 0 Å². The molecular formula is C11H11IOS. The molecule has 0 fully saturated rings. The van der Waals surface area contributed by atoms with E-state index in [1.165, 1.54) is 18.5 Å². The van der Waals surface area contributed by atoms with Crippen LogP contribution < -0.4 is 4.74 Å². The number of thiophene rings is 1. The van der Waals surface area contributed by atoms with Gasteiger partial charge < -0.3 is 4.74 Å². The molecule has 0 aliphatic heterocycles. The molecule has 2 rings (SSSR count). The predicted molar refractivity (Wildman–Crippen MR) is 70.5 cm³/mol. The zero-order valence-electron chi connectivity index (χ0n) is 8.13. The molecule has 2 aromatic rings. The molecule has 3 heteroatoms. The van der Waals surface area contributed by atoms with Gasteiger partial charge in [-0.25, -0.2) is 0 Å². The van der Waals surface area contributed by atoms with E-state index in [2.05, 4.69) is 41.6 Å². The Morgan fingerprint density at radius 1 is 1.43 bits per heavy atom. The first kappa shape index (κ1) is 10.2. The fraction of sp³-hybridized carbons (Fsp3) is 0.273. The average molecular weight is 318 g/mol. The van der Waals surface area contributed by atoms with Crippen molar-refractivity contribution in [3.05, 3.63) is 26.6 Å². The largest absolute Gasteiger partial charge is 0.495 e. The number of hydrogen-bond donors (Lipinski definition) is 0. The van der Waals surface area contributed by atoms with E-state index < -0.39 is 0 Å². The van der Waals surface area contributed by atoms with Gasteiger partial charge in [-0.3, -0.25) is 0 Å². The summed E-state index contributed by atoms with van der Waals surface area (Å²) >= 11 is 4.20. The summed E-state index contributed by atoms with van der Waals surface area (Å²) in [5.74, 6) is 0.991. The van der Waals surface area contributed by atoms with Crippen molar-refractivity contribution in [3.8, 4) is 5.75 Å². The smallest absolute Gasteiger partial charge is 0.136 e. The van der Waals surface area contributed by atoms with Crippen molar-refractivity contribution in [1.82, 2.24) is 0 Å². The van der Waals surface area contributed by atoms with Gasteiger partial charge >= 0.3 is 0 Å². The zero-order chi connectivity index (χ0) is 10.1. The Kier molecular flexibility index (Phi) is 2.97. The van der Waals surface area contributed by atoms with Gasteiger partial charge in [0, 0.05) is 13.8 Å². The van der Waals surface area contributed by atoms with E-state index in [0.717, 1.165) is 12.2 Å². The van der Waals surface area contributed by atoms with E-state index in [-0.39, 0.29) is 0 Å². The van der Waals surface area contributed by atoms with Gasteiger partial charge in [-0.1, -0.05) is 6.92 Å². The molecule has 1 heterocycles. The van der Waals surface area contributed by atoms with E-state index in [0.29, 0.717) is 0 Å². The third kappa shape index (κ3) is 1.63. The topological polar surface area (TPSA) is 9.23 Å². The Morgan fingerprint density at radius 2 is 2.21 bits per heavy atom. The van der Waals surface area contributed by atoms with Crippen LogP contribution in [-0.4, -0.2) is 7.11 Å². The molecule has 74 valence electrons. The summed E-state index contributed by atoms with van der Waals surface area (Å²) in [5.41, 5.74) is 0. The minimum Gasteiger partial charge on any atom is -0.495 e. The van der Waals surface area contributed by atoms with Crippen LogP contribution in [0.15, 0.2) is 18.2 Å². The molecule has 0 saturated carbocycles. The highest BCUT2D eigenvalue weighted by Crippen LogP contribution is 2.36. The molecule has 0 saturated heterocycles. The molecule has 0 atom stereocenters. The predicted octanol–water partition coefficient (Wildman–Crippen LogP) is 4.08. The first-order valence-electron chi connectivity index (χ1n) is 4.51. The quantitative estimate of drug-likeness (QED) is 0.758. The highest BCUT2D eigenvalue weighted by atomic mass is 127. The fourth-order valence-corrected chi connectivity index (χ4v) is 3.35. The van der Waals surface area contributed by atoms with Crippen molar-refractivity contribution in [2.75, 3.05) is 7.11 Å². The van der Waals surface area contributed by atoms with E-state index >= 15 is 0 Å². The highest BCUT2D eigenvalue weighted by molar-refractivity contribution is 14.1. The van der Waals surface area contributed by atoms with E-state index in [4.69, 9.17) is 4.74 Å². The molecule has 0 bridgehead atoms. The molecular weight excluding hydrogens is 307 g/mol. The van der Waals surface area contributed by atoms with Crippen molar-refractivity contribution in [3.63, 3.8) is 0 Å². The number of hydrogen-bond acceptors (Lipinski definition) is 2. The summed E-state index contributed by atoms with van der Waals surface area (Å²) in [7, 11) is 1.73. The first-order chi connectivity index (χ1) is 6.76. The van der Waals surface area contributed by atoms with Gasteiger partial charge in [0.15, 0.2) is 0 Å². The lowest BCUT2D eigenvalue weighted by Gasteiger charge is -2.01. The van der Waals surface area contributed by atoms with Crippen LogP contribution in [0.25, 0.3) is 10.1 Å². The number of methoxy groups -OCH3 is 1. The van der Waals surface area contributed by atoms with Crippen LogP contribution in [-0.2, 0) is 6.42 Å². The van der Waals surface area contributed by atoms with Crippen molar-refractivity contribution in [2.45, 2.75) is 13.3 Å². The monoisotopic (exact) mass is 318 g/mol. The number of halogens is 1. The third-order valence-corrected chi connectivity index (χ3v) is 4.45. The number of rotatable bonds is 2. The Balaban J connectivity index is 2.74. The summed E-state index contributed by atoms with van der Waals surface area (Å²) in [6.45, 7) is 2.18. The maximum absolute atomic E-state index is 5.35. The minimum absolute atomic E-state index is 0.991. The molecule has 1 aromatic carbocycles. The lowest BCUT2D eigenvalue weighted by Crippen LogP contribution is -1.82. The number of ether oxygens (including phenoxy) is 1. The molecule has 0 amide bonds. The lowest BCUT2D eigenvalue weighted by molar-refractivity contribution is 0.420. The SMILES string of the molecule is CCc1cc2c(I)ccc(OC)c2s1. The molecule has 0 N–H and O–H groups in total. The highest BCUT2D eigenvalue weighted by Gasteiger charge is 2.08. The summed E-state index contributed by atoms with van der Waals surface area (Å²) < 4.78 is 7.92. The Bertz CT molecular complexity index is 462. The summed E-state index contributed by atoms with van der Waals surface area (Å²) in [6.07, 6.45) is 1.10. The van der Waals surface area contributed by atoms with E-state index in [1.54, 1.807) is 7.11 Å². The van der Waals surface area contributed by atoms with Crippen LogP contribution in [0.5, 0.6) is 5.75 Å². The van der Waals surface area contributed by atoms with Gasteiger partial charge in [-0.15, -0.1) is 11.3 Å². The van der Waals surface area contributed by atoms with Crippen LogP contribution in [0.4, 0.5) is 0 Å². The van der Waals surface area contributed by atoms with E-state index in [1.807, 2.05) is 17.4 Å².